The number of carbonyl (C=O) groups is 4. The number of Topliss-reactive ketones (excluding diaryl/α,β-unsaturated/α-hetero) is 4. The molecule has 8 saturated carbocycles. The molecule has 2 aromatic carbocycles. The van der Waals surface area contributed by atoms with Gasteiger partial charge in [-0.25, -0.2) is 0 Å². The van der Waals surface area contributed by atoms with Crippen LogP contribution in [-0.2, 0) is 85.5 Å². The van der Waals surface area contributed by atoms with Gasteiger partial charge in [0.15, 0.2) is 0 Å². The average molecular weight is 1270 g/mol. The molecular formula is C50H72HfO16S5. The van der Waals surface area contributed by atoms with E-state index in [1.54, 1.807) is 0 Å². The van der Waals surface area contributed by atoms with Crippen LogP contribution in [0.3, 0.4) is 0 Å². The first kappa shape index (κ1) is 61.1. The molecule has 2 aromatic rings. The van der Waals surface area contributed by atoms with Crippen molar-refractivity contribution in [2.24, 2.45) is 67.0 Å². The summed E-state index contributed by atoms with van der Waals surface area (Å²) < 4.78 is 124. The number of carbonyl (C=O) groups excluding carboxylic acids is 4. The van der Waals surface area contributed by atoms with Crippen LogP contribution in [0.15, 0.2) is 47.4 Å². The summed E-state index contributed by atoms with van der Waals surface area (Å²) in [6, 6.07) is 14.4. The first-order valence-corrected chi connectivity index (χ1v) is 31.1. The van der Waals surface area contributed by atoms with Crippen LogP contribution in [0.25, 0.3) is 10.8 Å². The van der Waals surface area contributed by atoms with Crippen molar-refractivity contribution >= 4 is 87.0 Å². The first-order chi connectivity index (χ1) is 32.1. The van der Waals surface area contributed by atoms with E-state index < -0.39 is 85.1 Å². The number of ketones is 4. The Bertz CT molecular complexity index is 2630. The predicted octanol–water partition coefficient (Wildman–Crippen LogP) is 8.20. The van der Waals surface area contributed by atoms with Gasteiger partial charge in [0.1, 0.15) is 23.1 Å². The van der Waals surface area contributed by atoms with E-state index in [0.717, 1.165) is 30.6 Å². The molecule has 0 spiro atoms. The van der Waals surface area contributed by atoms with Gasteiger partial charge in [-0.15, -0.1) is 12.6 Å². The molecule has 10 rings (SSSR count). The topological polar surface area (TPSA) is 286 Å². The average Bonchev–Trinajstić information content (AvgIpc) is 3.95. The Hall–Kier alpha value is -1.76. The van der Waals surface area contributed by atoms with Crippen molar-refractivity contribution in [1.29, 1.82) is 0 Å². The van der Waals surface area contributed by atoms with Gasteiger partial charge in [0, 0.05) is 56.4 Å². The summed E-state index contributed by atoms with van der Waals surface area (Å²) in [6.45, 7) is 15.6. The van der Waals surface area contributed by atoms with Crippen LogP contribution in [0, 0.1) is 67.0 Å². The number of hydrogen-bond acceptors (Lipinski definition) is 13. The van der Waals surface area contributed by atoms with Gasteiger partial charge >= 0.3 is 0 Å². The fourth-order valence-electron chi connectivity index (χ4n) is 14.9. The Kier molecular flexibility index (Phi) is 17.2. The summed E-state index contributed by atoms with van der Waals surface area (Å²) in [4.78, 5) is 48.5. The van der Waals surface area contributed by atoms with Crippen LogP contribution >= 0.6 is 12.6 Å². The quantitative estimate of drug-likeness (QED) is 0.0945. The molecule has 8 aliphatic rings. The summed E-state index contributed by atoms with van der Waals surface area (Å²) in [5.41, 5.74) is -4.48. The molecule has 8 fully saturated rings. The third kappa shape index (κ3) is 11.2. The standard InChI is InChI=1S/4C10H16O4S.C10H8S.Hf/c4*1-9(2)7-3-4-10(9,8(11)5-7)6-15(12,13)14;11-10-6-5-8-3-1-2-4-9(8)7-10;/h4*7H,3-6H2,1-2H3,(H,12,13,14);1-7,11H;/t4*7-,10-;;/m1111../s1. The minimum Gasteiger partial charge on any atom is -0.299 e. The van der Waals surface area contributed by atoms with Crippen LogP contribution in [0.2, 0.25) is 0 Å². The van der Waals surface area contributed by atoms with Crippen LogP contribution in [0.5, 0.6) is 0 Å². The maximum Gasteiger partial charge on any atom is 0.265 e. The van der Waals surface area contributed by atoms with Gasteiger partial charge in [-0.3, -0.25) is 37.4 Å². The number of thiol groups is 1. The molecule has 0 unspecified atom stereocenters. The van der Waals surface area contributed by atoms with Gasteiger partial charge in [-0.2, -0.15) is 33.7 Å². The molecule has 0 aliphatic heterocycles. The normalized spacial score (nSPS) is 33.7. The molecule has 0 heterocycles. The zero-order valence-corrected chi connectivity index (χ0v) is 50.2. The Balaban J connectivity index is 0.000000167. The second kappa shape index (κ2) is 20.2. The molecule has 16 nitrogen and oxygen atoms in total. The Labute approximate surface area is 450 Å². The van der Waals surface area contributed by atoms with E-state index in [9.17, 15) is 52.8 Å². The number of fused-ring (bicyclic) bond motifs is 9. The van der Waals surface area contributed by atoms with Crippen molar-refractivity contribution < 1.29 is 96.9 Å². The van der Waals surface area contributed by atoms with Crippen LogP contribution in [0.4, 0.5) is 0 Å². The van der Waals surface area contributed by atoms with Crippen molar-refractivity contribution in [2.75, 3.05) is 23.0 Å². The molecule has 8 atom stereocenters. The van der Waals surface area contributed by atoms with E-state index >= 15 is 0 Å². The molecule has 22 heteroatoms. The van der Waals surface area contributed by atoms with E-state index in [1.165, 1.54) is 10.8 Å². The molecule has 402 valence electrons. The zero-order valence-electron chi connectivity index (χ0n) is 42.4. The minimum absolute atomic E-state index is 0. The van der Waals surface area contributed by atoms with E-state index in [4.69, 9.17) is 18.2 Å². The third-order valence-corrected chi connectivity index (χ3v) is 23.7. The summed E-state index contributed by atoms with van der Waals surface area (Å²) in [5.74, 6) is -0.405. The number of rotatable bonds is 8. The second-order valence-corrected chi connectivity index (χ2v) is 30.4. The maximum absolute atomic E-state index is 11.9. The summed E-state index contributed by atoms with van der Waals surface area (Å²) in [6.07, 6.45) is 7.89. The van der Waals surface area contributed by atoms with Crippen molar-refractivity contribution in [3.05, 3.63) is 42.5 Å². The van der Waals surface area contributed by atoms with Gasteiger partial charge in [0.25, 0.3) is 40.5 Å². The van der Waals surface area contributed by atoms with E-state index in [0.29, 0.717) is 51.4 Å². The third-order valence-electron chi connectivity index (χ3n) is 20.0. The molecule has 0 amide bonds. The van der Waals surface area contributed by atoms with Gasteiger partial charge in [-0.1, -0.05) is 85.7 Å². The summed E-state index contributed by atoms with van der Waals surface area (Å²) in [7, 11) is -16.3. The van der Waals surface area contributed by atoms with Crippen LogP contribution < -0.4 is 0 Å². The number of benzene rings is 2. The summed E-state index contributed by atoms with van der Waals surface area (Å²) >= 11 is 4.26. The molecule has 0 aromatic heterocycles. The van der Waals surface area contributed by atoms with E-state index in [2.05, 4.69) is 36.9 Å². The van der Waals surface area contributed by atoms with Crippen LogP contribution in [0.1, 0.15) is 132 Å². The molecule has 72 heavy (non-hydrogen) atoms. The van der Waals surface area contributed by atoms with E-state index in [1.807, 2.05) is 73.6 Å². The largest absolute Gasteiger partial charge is 0.299 e. The van der Waals surface area contributed by atoms with Crippen molar-refractivity contribution in [3.63, 3.8) is 0 Å². The minimum atomic E-state index is -4.08. The SMILES string of the molecule is CC1(C)[C@@H]2CC[C@@]1(CS(=O)(=O)O)C(=O)C2.CC1(C)[C@@H]2CC[C@@]1(CS(=O)(=O)O)C(=O)C2.CC1(C)[C@@H]2CC[C@@]1(CS(=O)(=O)O)C(=O)C2.CC1(C)[C@@H]2CC[C@@]1(CS(=O)(=O)O)C(=O)C2.Sc1ccc2ccccc2c1.[Hf]. The van der Waals surface area contributed by atoms with E-state index in [-0.39, 0.29) is 94.3 Å². The monoisotopic (exact) mass is 1270 g/mol. The maximum atomic E-state index is 11.9. The molecule has 4 N–H and O–H groups in total. The van der Waals surface area contributed by atoms with Crippen molar-refractivity contribution in [3.8, 4) is 0 Å². The molecule has 0 saturated heterocycles. The molecule has 8 bridgehead atoms. The summed E-state index contributed by atoms with van der Waals surface area (Å²) in [5, 5.41) is 2.52. The molecular weight excluding hydrogens is 1200 g/mol. The fraction of sp³-hybridized carbons (Fsp3) is 0.720. The zero-order chi connectivity index (χ0) is 53.6. The van der Waals surface area contributed by atoms with Crippen molar-refractivity contribution in [2.45, 2.75) is 137 Å². The predicted molar refractivity (Wildman–Crippen MR) is 271 cm³/mol. The van der Waals surface area contributed by atoms with Crippen molar-refractivity contribution in [1.82, 2.24) is 0 Å². The van der Waals surface area contributed by atoms with Gasteiger partial charge < -0.3 is 0 Å². The Morgan fingerprint density at radius 2 is 0.667 bits per heavy atom. The molecule has 8 aliphatic carbocycles. The smallest absolute Gasteiger partial charge is 0.265 e. The Morgan fingerprint density at radius 3 is 0.861 bits per heavy atom. The second-order valence-electron chi connectivity index (χ2n) is 24.1. The molecule has 0 radical (unpaired) electrons. The van der Waals surface area contributed by atoms with Crippen LogP contribution in [-0.4, -0.2) is 98.0 Å². The first-order valence-electron chi connectivity index (χ1n) is 24.2. The van der Waals surface area contributed by atoms with Gasteiger partial charge in [0.2, 0.25) is 0 Å². The fourth-order valence-corrected chi connectivity index (χ4v) is 20.3. The number of hydrogen-bond donors (Lipinski definition) is 5. The Morgan fingerprint density at radius 1 is 0.431 bits per heavy atom. The van der Waals surface area contributed by atoms with Gasteiger partial charge in [0.05, 0.1) is 44.7 Å². The van der Waals surface area contributed by atoms with Gasteiger partial charge in [-0.05, 0) is 120 Å².